The third-order valence-electron chi connectivity index (χ3n) is 4.33. The fourth-order valence-electron chi connectivity index (χ4n) is 2.89. The van der Waals surface area contributed by atoms with Gasteiger partial charge in [-0.2, -0.15) is 0 Å². The molecule has 1 N–H and O–H groups in total. The Hall–Kier alpha value is -3.26. The van der Waals surface area contributed by atoms with E-state index in [1.807, 2.05) is 44.2 Å². The first kappa shape index (κ1) is 19.1. The van der Waals surface area contributed by atoms with Crippen molar-refractivity contribution >= 4 is 34.3 Å². The summed E-state index contributed by atoms with van der Waals surface area (Å²) < 4.78 is 5.74. The molecule has 3 heterocycles. The number of pyridine rings is 2. The van der Waals surface area contributed by atoms with Gasteiger partial charge < -0.3 is 9.73 Å². The fraction of sp³-hybridized carbons (Fsp3) is 0.190. The second-order valence-electron chi connectivity index (χ2n) is 6.76. The van der Waals surface area contributed by atoms with Gasteiger partial charge in [-0.1, -0.05) is 31.7 Å². The van der Waals surface area contributed by atoms with Gasteiger partial charge in [0.2, 0.25) is 11.8 Å². The maximum absolute atomic E-state index is 13.0. The molecular formula is C21H19N5O2S. The molecule has 1 atom stereocenters. The monoisotopic (exact) mass is 405 g/mol. The Balaban J connectivity index is 1.53. The molecule has 1 aromatic carbocycles. The second kappa shape index (κ2) is 8.40. The Kier molecular flexibility index (Phi) is 5.53. The Labute approximate surface area is 172 Å². The normalized spacial score (nSPS) is 12.2. The van der Waals surface area contributed by atoms with Crippen molar-refractivity contribution in [2.75, 3.05) is 5.32 Å². The van der Waals surface area contributed by atoms with Gasteiger partial charge in [-0.05, 0) is 42.3 Å². The summed E-state index contributed by atoms with van der Waals surface area (Å²) in [6, 6.07) is 13.0. The molecule has 7 nitrogen and oxygen atoms in total. The number of hydrogen-bond acceptors (Lipinski definition) is 7. The highest BCUT2D eigenvalue weighted by molar-refractivity contribution is 8.00. The number of fused-ring (bicyclic) bond motifs is 1. The number of anilines is 1. The number of aromatic nitrogens is 4. The number of carbonyl (C=O) groups is 1. The molecule has 146 valence electrons. The van der Waals surface area contributed by atoms with Gasteiger partial charge in [0.05, 0.1) is 16.5 Å². The largest absolute Gasteiger partial charge is 0.411 e. The first-order valence-electron chi connectivity index (χ1n) is 9.17. The number of thioether (sulfide) groups is 1. The number of amides is 1. The standard InChI is InChI=1S/C21H19N5O2S/c1-13(2)18(29-21-26-25-20(28-21)14-8-11-22-12-9-14)19(27)24-17-7-3-6-16-15(17)5-4-10-23-16/h3-13,18H,1-2H3,(H,24,27). The molecule has 3 aromatic heterocycles. The van der Waals surface area contributed by atoms with Gasteiger partial charge in [-0.15, -0.1) is 10.2 Å². The zero-order chi connectivity index (χ0) is 20.2. The first-order chi connectivity index (χ1) is 14.1. The molecular weight excluding hydrogens is 386 g/mol. The quantitative estimate of drug-likeness (QED) is 0.474. The van der Waals surface area contributed by atoms with Gasteiger partial charge >= 0.3 is 0 Å². The predicted octanol–water partition coefficient (Wildman–Crippen LogP) is 4.44. The topological polar surface area (TPSA) is 93.8 Å². The van der Waals surface area contributed by atoms with E-state index in [2.05, 4.69) is 25.5 Å². The number of benzene rings is 1. The van der Waals surface area contributed by atoms with Crippen LogP contribution in [0, 0.1) is 5.92 Å². The maximum Gasteiger partial charge on any atom is 0.277 e. The lowest BCUT2D eigenvalue weighted by atomic mass is 10.1. The lowest BCUT2D eigenvalue weighted by molar-refractivity contribution is -0.116. The van der Waals surface area contributed by atoms with Crippen LogP contribution in [-0.2, 0) is 4.79 Å². The molecule has 0 saturated carbocycles. The summed E-state index contributed by atoms with van der Waals surface area (Å²) in [6.45, 7) is 3.98. The molecule has 29 heavy (non-hydrogen) atoms. The van der Waals surface area contributed by atoms with Crippen LogP contribution in [0.4, 0.5) is 5.69 Å². The first-order valence-corrected chi connectivity index (χ1v) is 10.0. The van der Waals surface area contributed by atoms with Crippen LogP contribution in [0.2, 0.25) is 0 Å². The highest BCUT2D eigenvalue weighted by atomic mass is 32.2. The smallest absolute Gasteiger partial charge is 0.277 e. The van der Waals surface area contributed by atoms with Gasteiger partial charge in [0.25, 0.3) is 5.22 Å². The van der Waals surface area contributed by atoms with E-state index in [0.717, 1.165) is 22.2 Å². The van der Waals surface area contributed by atoms with E-state index in [1.165, 1.54) is 11.8 Å². The van der Waals surface area contributed by atoms with Crippen molar-refractivity contribution < 1.29 is 9.21 Å². The van der Waals surface area contributed by atoms with Crippen molar-refractivity contribution in [3.05, 3.63) is 61.1 Å². The van der Waals surface area contributed by atoms with Crippen LogP contribution in [0.25, 0.3) is 22.4 Å². The van der Waals surface area contributed by atoms with Gasteiger partial charge in [-0.3, -0.25) is 14.8 Å². The maximum atomic E-state index is 13.0. The van der Waals surface area contributed by atoms with Crippen molar-refractivity contribution in [1.82, 2.24) is 20.2 Å². The van der Waals surface area contributed by atoms with Gasteiger partial charge in [0, 0.05) is 29.5 Å². The highest BCUT2D eigenvalue weighted by Gasteiger charge is 2.27. The number of rotatable bonds is 6. The summed E-state index contributed by atoms with van der Waals surface area (Å²) >= 11 is 1.26. The summed E-state index contributed by atoms with van der Waals surface area (Å²) in [4.78, 5) is 21.3. The van der Waals surface area contributed by atoms with Gasteiger partial charge in [-0.25, -0.2) is 0 Å². The van der Waals surface area contributed by atoms with E-state index in [4.69, 9.17) is 4.42 Å². The molecule has 0 spiro atoms. The van der Waals surface area contributed by atoms with E-state index in [9.17, 15) is 4.79 Å². The van der Waals surface area contributed by atoms with Crippen molar-refractivity contribution in [3.8, 4) is 11.5 Å². The fourth-order valence-corrected chi connectivity index (χ4v) is 3.76. The van der Waals surface area contributed by atoms with Gasteiger partial charge in [0.15, 0.2) is 0 Å². The molecule has 1 amide bonds. The zero-order valence-corrected chi connectivity index (χ0v) is 16.8. The van der Waals surface area contributed by atoms with Crippen molar-refractivity contribution in [1.29, 1.82) is 0 Å². The lowest BCUT2D eigenvalue weighted by Crippen LogP contribution is -2.29. The molecule has 0 radical (unpaired) electrons. The average Bonchev–Trinajstić information content (AvgIpc) is 3.21. The molecule has 1 unspecified atom stereocenters. The Morgan fingerprint density at radius 1 is 1.03 bits per heavy atom. The minimum Gasteiger partial charge on any atom is -0.411 e. The Bertz CT molecular complexity index is 1120. The van der Waals surface area contributed by atoms with Crippen LogP contribution < -0.4 is 5.32 Å². The molecule has 0 aliphatic rings. The van der Waals surface area contributed by atoms with E-state index >= 15 is 0 Å². The summed E-state index contributed by atoms with van der Waals surface area (Å²) in [6.07, 6.45) is 5.06. The van der Waals surface area contributed by atoms with Gasteiger partial charge in [0.1, 0.15) is 0 Å². The summed E-state index contributed by atoms with van der Waals surface area (Å²) in [5, 5.41) is 12.0. The number of hydrogen-bond donors (Lipinski definition) is 1. The van der Waals surface area contributed by atoms with Crippen LogP contribution in [0.3, 0.4) is 0 Å². The number of carbonyl (C=O) groups excluding carboxylic acids is 1. The summed E-state index contributed by atoms with van der Waals surface area (Å²) in [5.41, 5.74) is 2.35. The molecule has 4 rings (SSSR count). The molecule has 0 saturated heterocycles. The lowest BCUT2D eigenvalue weighted by Gasteiger charge is -2.18. The Morgan fingerprint density at radius 2 is 1.86 bits per heavy atom. The minimum absolute atomic E-state index is 0.0596. The van der Waals surface area contributed by atoms with E-state index in [1.54, 1.807) is 30.7 Å². The summed E-state index contributed by atoms with van der Waals surface area (Å²) in [7, 11) is 0. The second-order valence-corrected chi connectivity index (χ2v) is 7.85. The van der Waals surface area contributed by atoms with Crippen LogP contribution in [0.15, 0.2) is 70.7 Å². The third kappa shape index (κ3) is 4.27. The van der Waals surface area contributed by atoms with E-state index in [-0.39, 0.29) is 11.8 Å². The highest BCUT2D eigenvalue weighted by Crippen LogP contribution is 2.31. The third-order valence-corrected chi connectivity index (χ3v) is 5.71. The van der Waals surface area contributed by atoms with E-state index in [0.29, 0.717) is 11.1 Å². The molecule has 0 aliphatic carbocycles. The number of nitrogens with one attached hydrogen (secondary N) is 1. The zero-order valence-electron chi connectivity index (χ0n) is 15.9. The Morgan fingerprint density at radius 3 is 2.66 bits per heavy atom. The van der Waals surface area contributed by atoms with Crippen molar-refractivity contribution in [3.63, 3.8) is 0 Å². The van der Waals surface area contributed by atoms with Crippen LogP contribution in [0.1, 0.15) is 13.8 Å². The average molecular weight is 405 g/mol. The molecule has 0 aliphatic heterocycles. The minimum atomic E-state index is -0.396. The van der Waals surface area contributed by atoms with Crippen LogP contribution >= 0.6 is 11.8 Å². The molecule has 4 aromatic rings. The molecule has 8 heteroatoms. The SMILES string of the molecule is CC(C)C(Sc1nnc(-c2ccncc2)o1)C(=O)Nc1cccc2ncccc12. The molecule has 0 fully saturated rings. The van der Waals surface area contributed by atoms with Crippen molar-refractivity contribution in [2.24, 2.45) is 5.92 Å². The van der Waals surface area contributed by atoms with Crippen LogP contribution in [-0.4, -0.2) is 31.3 Å². The number of nitrogens with zero attached hydrogens (tertiary/aromatic N) is 4. The predicted molar refractivity (Wildman–Crippen MR) is 112 cm³/mol. The van der Waals surface area contributed by atoms with Crippen LogP contribution in [0.5, 0.6) is 0 Å². The van der Waals surface area contributed by atoms with Crippen molar-refractivity contribution in [2.45, 2.75) is 24.3 Å². The van der Waals surface area contributed by atoms with E-state index < -0.39 is 5.25 Å². The molecule has 0 bridgehead atoms. The summed E-state index contributed by atoms with van der Waals surface area (Å²) in [5.74, 6) is 0.340.